The molecule has 1 saturated heterocycles. The van der Waals surface area contributed by atoms with E-state index in [9.17, 15) is 19.5 Å². The predicted octanol–water partition coefficient (Wildman–Crippen LogP) is 2.10. The summed E-state index contributed by atoms with van der Waals surface area (Å²) in [4.78, 5) is 46.7. The lowest BCUT2D eigenvalue weighted by atomic mass is 9.85. The molecule has 3 aromatic rings. The molecular formula is C27H29N5O4. The minimum atomic E-state index is -1.59. The van der Waals surface area contributed by atoms with E-state index in [4.69, 9.17) is 4.98 Å². The largest absolute Gasteiger partial charge is 0.381 e. The Bertz CT molecular complexity index is 1470. The molecule has 0 bridgehead atoms. The van der Waals surface area contributed by atoms with Crippen molar-refractivity contribution in [2.45, 2.75) is 63.5 Å². The van der Waals surface area contributed by atoms with Crippen LogP contribution < -0.4 is 21.1 Å². The molecule has 5 atom stereocenters. The van der Waals surface area contributed by atoms with Crippen molar-refractivity contribution in [3.05, 3.63) is 70.3 Å². The fourth-order valence-electron chi connectivity index (χ4n) is 6.04. The molecule has 0 aliphatic carbocycles. The Balaban J connectivity index is 1.48. The number of hydrogen-bond acceptors (Lipinski definition) is 6. The summed E-state index contributed by atoms with van der Waals surface area (Å²) >= 11 is 0. The van der Waals surface area contributed by atoms with Gasteiger partial charge in [-0.25, -0.2) is 4.98 Å². The van der Waals surface area contributed by atoms with Crippen molar-refractivity contribution in [1.82, 2.24) is 20.2 Å². The minimum absolute atomic E-state index is 0.0919. The van der Waals surface area contributed by atoms with Crippen LogP contribution in [0.4, 0.5) is 5.69 Å². The second-order valence-corrected chi connectivity index (χ2v) is 10.5. The van der Waals surface area contributed by atoms with Gasteiger partial charge in [0, 0.05) is 12.0 Å². The SMILES string of the molecule is CC(C)C[C@H]1N[C@H]2N(C1=O)c1ccccc1[C@]2(O)C[C@@H]1C(=O)N[C@H](C)c2nc3ccccc3c(=O)n21. The van der Waals surface area contributed by atoms with E-state index < -0.39 is 29.9 Å². The third-order valence-electron chi connectivity index (χ3n) is 7.64. The lowest BCUT2D eigenvalue weighted by Crippen LogP contribution is -2.54. The van der Waals surface area contributed by atoms with Gasteiger partial charge in [0.1, 0.15) is 23.6 Å². The van der Waals surface area contributed by atoms with E-state index in [1.165, 1.54) is 4.57 Å². The van der Waals surface area contributed by atoms with Crippen LogP contribution in [0.5, 0.6) is 0 Å². The summed E-state index contributed by atoms with van der Waals surface area (Å²) in [5.74, 6) is 0.277. The van der Waals surface area contributed by atoms with Crippen LogP contribution in [0, 0.1) is 5.92 Å². The van der Waals surface area contributed by atoms with Gasteiger partial charge in [-0.2, -0.15) is 0 Å². The van der Waals surface area contributed by atoms with Gasteiger partial charge in [-0.3, -0.25) is 29.2 Å². The van der Waals surface area contributed by atoms with Crippen LogP contribution in [-0.4, -0.2) is 38.7 Å². The summed E-state index contributed by atoms with van der Waals surface area (Å²) in [6, 6.07) is 12.4. The second kappa shape index (κ2) is 7.97. The maximum absolute atomic E-state index is 13.6. The molecule has 3 aliphatic heterocycles. The molecule has 3 aliphatic rings. The summed E-state index contributed by atoms with van der Waals surface area (Å²) in [6.07, 6.45) is -0.208. The van der Waals surface area contributed by atoms with Gasteiger partial charge >= 0.3 is 0 Å². The molecule has 2 aromatic carbocycles. The number of rotatable bonds is 4. The van der Waals surface area contributed by atoms with Crippen molar-refractivity contribution < 1.29 is 14.7 Å². The van der Waals surface area contributed by atoms with Gasteiger partial charge in [0.05, 0.1) is 28.7 Å². The quantitative estimate of drug-likeness (QED) is 0.519. The number of aliphatic hydroxyl groups is 1. The van der Waals surface area contributed by atoms with Gasteiger partial charge in [-0.1, -0.05) is 44.2 Å². The maximum atomic E-state index is 13.6. The zero-order valence-corrected chi connectivity index (χ0v) is 20.4. The molecule has 9 heteroatoms. The van der Waals surface area contributed by atoms with Crippen molar-refractivity contribution >= 4 is 28.4 Å². The fraction of sp³-hybridized carbons (Fsp3) is 0.407. The first-order valence-electron chi connectivity index (χ1n) is 12.4. The van der Waals surface area contributed by atoms with Gasteiger partial charge in [0.2, 0.25) is 11.8 Å². The highest BCUT2D eigenvalue weighted by atomic mass is 16.3. The number of carbonyl (C=O) groups is 2. The van der Waals surface area contributed by atoms with Crippen molar-refractivity contribution in [3.63, 3.8) is 0 Å². The summed E-state index contributed by atoms with van der Waals surface area (Å²) in [5, 5.41) is 19.0. The first-order valence-corrected chi connectivity index (χ1v) is 12.4. The third-order valence-corrected chi connectivity index (χ3v) is 7.64. The molecule has 1 aromatic heterocycles. The Hall–Kier alpha value is -3.56. The van der Waals surface area contributed by atoms with E-state index in [1.54, 1.807) is 42.2 Å². The smallest absolute Gasteiger partial charge is 0.262 e. The van der Waals surface area contributed by atoms with Crippen LogP contribution in [0.3, 0.4) is 0 Å². The van der Waals surface area contributed by atoms with Crippen LogP contribution in [0.2, 0.25) is 0 Å². The number of amides is 2. The van der Waals surface area contributed by atoms with Crippen LogP contribution in [0.15, 0.2) is 53.3 Å². The molecule has 0 unspecified atom stereocenters. The van der Waals surface area contributed by atoms with Gasteiger partial charge in [0.25, 0.3) is 5.56 Å². The van der Waals surface area contributed by atoms with Crippen molar-refractivity contribution in [2.75, 3.05) is 4.90 Å². The minimum Gasteiger partial charge on any atom is -0.381 e. The lowest BCUT2D eigenvalue weighted by molar-refractivity contribution is -0.129. The molecular weight excluding hydrogens is 458 g/mol. The van der Waals surface area contributed by atoms with E-state index in [1.807, 2.05) is 32.0 Å². The number of carbonyl (C=O) groups excluding carboxylic acids is 2. The van der Waals surface area contributed by atoms with Gasteiger partial charge < -0.3 is 10.4 Å². The number of aromatic nitrogens is 2. The number of nitrogens with one attached hydrogen (secondary N) is 2. The summed E-state index contributed by atoms with van der Waals surface area (Å²) in [6.45, 7) is 5.88. The normalized spacial score (nSPS) is 28.9. The highest BCUT2D eigenvalue weighted by Gasteiger charge is 2.59. The highest BCUT2D eigenvalue weighted by Crippen LogP contribution is 2.49. The zero-order chi connectivity index (χ0) is 25.4. The summed E-state index contributed by atoms with van der Waals surface area (Å²) in [7, 11) is 0. The molecule has 0 radical (unpaired) electrons. The Morgan fingerprint density at radius 2 is 1.81 bits per heavy atom. The van der Waals surface area contributed by atoms with Crippen LogP contribution in [0.25, 0.3) is 10.9 Å². The summed E-state index contributed by atoms with van der Waals surface area (Å²) < 4.78 is 1.43. The Kier molecular flexibility index (Phi) is 5.07. The average Bonchev–Trinajstić information content (AvgIpc) is 3.29. The average molecular weight is 488 g/mol. The van der Waals surface area contributed by atoms with E-state index in [0.717, 1.165) is 0 Å². The van der Waals surface area contributed by atoms with E-state index >= 15 is 0 Å². The second-order valence-electron chi connectivity index (χ2n) is 10.5. The summed E-state index contributed by atoms with van der Waals surface area (Å²) in [5.41, 5.74) is -0.160. The Labute approximate surface area is 208 Å². The molecule has 6 rings (SSSR count). The standard InChI is InChI=1S/C27H29N5O4/c1-14(2)12-19-25(35)32-20-11-7-5-9-17(20)27(36,26(32)30-19)13-21-23(33)28-15(3)22-29-18-10-6-4-8-16(18)24(34)31(21)22/h4-11,14-15,19,21,26,30,36H,12-13H2,1-3H3,(H,28,33)/t15-,19-,21-,26+,27-/m1/s1. The van der Waals surface area contributed by atoms with E-state index in [2.05, 4.69) is 10.6 Å². The monoisotopic (exact) mass is 487 g/mol. The van der Waals surface area contributed by atoms with Crippen LogP contribution >= 0.6 is 0 Å². The molecule has 2 amide bonds. The molecule has 4 heterocycles. The third kappa shape index (κ3) is 3.16. The van der Waals surface area contributed by atoms with Crippen molar-refractivity contribution in [2.24, 2.45) is 5.92 Å². The zero-order valence-electron chi connectivity index (χ0n) is 20.4. The Morgan fingerprint density at radius 3 is 2.58 bits per heavy atom. The molecule has 36 heavy (non-hydrogen) atoms. The topological polar surface area (TPSA) is 117 Å². The fourth-order valence-corrected chi connectivity index (χ4v) is 6.04. The molecule has 186 valence electrons. The van der Waals surface area contributed by atoms with E-state index in [0.29, 0.717) is 34.4 Å². The van der Waals surface area contributed by atoms with Crippen LogP contribution in [-0.2, 0) is 15.2 Å². The van der Waals surface area contributed by atoms with Gasteiger partial charge in [0.15, 0.2) is 0 Å². The molecule has 0 saturated carbocycles. The number of hydrogen-bond donors (Lipinski definition) is 3. The van der Waals surface area contributed by atoms with Crippen molar-refractivity contribution in [3.8, 4) is 0 Å². The number of fused-ring (bicyclic) bond motifs is 5. The number of para-hydroxylation sites is 2. The molecule has 9 nitrogen and oxygen atoms in total. The molecule has 1 fully saturated rings. The van der Waals surface area contributed by atoms with Gasteiger partial charge in [-0.05, 0) is 37.5 Å². The first kappa shape index (κ1) is 22.9. The van der Waals surface area contributed by atoms with Crippen LogP contribution in [0.1, 0.15) is 57.1 Å². The molecule has 0 spiro atoms. The highest BCUT2D eigenvalue weighted by molar-refractivity contribution is 6.02. The number of benzene rings is 2. The Morgan fingerprint density at radius 1 is 1.08 bits per heavy atom. The lowest BCUT2D eigenvalue weighted by Gasteiger charge is -2.37. The van der Waals surface area contributed by atoms with Gasteiger partial charge in [-0.15, -0.1) is 0 Å². The van der Waals surface area contributed by atoms with Crippen molar-refractivity contribution in [1.29, 1.82) is 0 Å². The molecule has 3 N–H and O–H groups in total. The maximum Gasteiger partial charge on any atom is 0.262 e. The number of nitrogens with zero attached hydrogens (tertiary/aromatic N) is 3. The number of anilines is 1. The predicted molar refractivity (Wildman–Crippen MR) is 134 cm³/mol. The van der Waals surface area contributed by atoms with E-state index in [-0.39, 0.29) is 29.7 Å². The first-order chi connectivity index (χ1) is 17.2.